The Kier molecular flexibility index (Phi) is 8.57. The molecule has 0 aliphatic rings. The van der Waals surface area contributed by atoms with E-state index < -0.39 is 28.3 Å². The second-order valence-electron chi connectivity index (χ2n) is 8.77. The fourth-order valence-electron chi connectivity index (χ4n) is 4.13. The van der Waals surface area contributed by atoms with E-state index in [2.05, 4.69) is 10.6 Å². The van der Waals surface area contributed by atoms with Crippen molar-refractivity contribution in [2.24, 2.45) is 5.14 Å². The number of primary sulfonamides is 1. The molecule has 10 nitrogen and oxygen atoms in total. The number of carboxylic acid groups (broad SMARTS) is 1. The Morgan fingerprint density at radius 2 is 1.57 bits per heavy atom. The van der Waals surface area contributed by atoms with Crippen molar-refractivity contribution in [2.75, 3.05) is 0 Å². The summed E-state index contributed by atoms with van der Waals surface area (Å²) < 4.78 is 29.2. The largest absolute Gasteiger partial charge is 0.465 e. The first-order valence-corrected chi connectivity index (χ1v) is 13.6. The summed E-state index contributed by atoms with van der Waals surface area (Å²) in [6.45, 7) is 0. The lowest BCUT2D eigenvalue weighted by atomic mass is 9.95. The lowest BCUT2D eigenvalue weighted by Gasteiger charge is -2.19. The predicted octanol–water partition coefficient (Wildman–Crippen LogP) is 4.67. The number of ether oxygens (including phenoxy) is 1. The van der Waals surface area contributed by atoms with Gasteiger partial charge < -0.3 is 15.2 Å². The zero-order chi connectivity index (χ0) is 28.7. The van der Waals surface area contributed by atoms with E-state index in [-0.39, 0.29) is 17.2 Å². The first kappa shape index (κ1) is 28.0. The molecule has 0 saturated heterocycles. The zero-order valence-corrected chi connectivity index (χ0v) is 21.9. The third-order valence-corrected chi connectivity index (χ3v) is 6.92. The summed E-state index contributed by atoms with van der Waals surface area (Å²) in [5.41, 5.74) is 2.80. The molecule has 0 aliphatic carbocycles. The molecule has 6 N–H and O–H groups in total. The van der Waals surface area contributed by atoms with Crippen LogP contribution < -0.4 is 20.5 Å². The molecule has 0 heterocycles. The molecule has 1 unspecified atom stereocenters. The van der Waals surface area contributed by atoms with Gasteiger partial charge in [0.05, 0.1) is 10.9 Å². The molecule has 0 bridgehead atoms. The van der Waals surface area contributed by atoms with Crippen LogP contribution in [0.5, 0.6) is 5.75 Å². The molecule has 4 aromatic rings. The molecule has 0 radical (unpaired) electrons. The van der Waals surface area contributed by atoms with Crippen LogP contribution >= 0.6 is 0 Å². The molecule has 0 aromatic heterocycles. The number of amides is 2. The topological polar surface area (TPSA) is 172 Å². The van der Waals surface area contributed by atoms with Crippen LogP contribution in [0.4, 0.5) is 9.59 Å². The smallest absolute Gasteiger partial charge is 0.418 e. The minimum Gasteiger partial charge on any atom is -0.465 e. The quantitative estimate of drug-likeness (QED) is 0.155. The van der Waals surface area contributed by atoms with Crippen molar-refractivity contribution < 1.29 is 27.9 Å². The number of rotatable bonds is 8. The fourth-order valence-corrected chi connectivity index (χ4v) is 4.89. The lowest BCUT2D eigenvalue weighted by molar-refractivity contribution is 0.189. The van der Waals surface area contributed by atoms with Crippen LogP contribution in [-0.2, 0) is 16.4 Å². The zero-order valence-electron chi connectivity index (χ0n) is 21.1. The van der Waals surface area contributed by atoms with E-state index in [4.69, 9.17) is 15.3 Å². The summed E-state index contributed by atoms with van der Waals surface area (Å²) in [4.78, 5) is 23.7. The highest BCUT2D eigenvalue weighted by Gasteiger charge is 2.18. The molecular weight excluding hydrogens is 532 g/mol. The van der Waals surface area contributed by atoms with Gasteiger partial charge in [0.1, 0.15) is 11.6 Å². The Balaban J connectivity index is 1.51. The second-order valence-corrected chi connectivity index (χ2v) is 10.3. The van der Waals surface area contributed by atoms with Gasteiger partial charge in [-0.1, -0.05) is 78.9 Å². The summed E-state index contributed by atoms with van der Waals surface area (Å²) in [7, 11) is -3.94. The maximum atomic E-state index is 12.2. The predicted molar refractivity (Wildman–Crippen MR) is 150 cm³/mol. The number of hydrogen-bond donors (Lipinski definition) is 5. The average molecular weight is 559 g/mol. The molecule has 4 aromatic carbocycles. The van der Waals surface area contributed by atoms with Gasteiger partial charge in [0, 0.05) is 11.1 Å². The molecule has 11 heteroatoms. The van der Waals surface area contributed by atoms with Gasteiger partial charge >= 0.3 is 12.2 Å². The van der Waals surface area contributed by atoms with Crippen molar-refractivity contribution >= 4 is 28.0 Å². The highest BCUT2D eigenvalue weighted by Crippen LogP contribution is 2.28. The molecule has 0 spiro atoms. The van der Waals surface area contributed by atoms with Crippen LogP contribution in [0.15, 0.2) is 108 Å². The molecule has 1 atom stereocenters. The number of carbonyl (C=O) groups is 2. The Morgan fingerprint density at radius 3 is 2.25 bits per heavy atom. The SMILES string of the molecule is N=C(NC(=O)Oc1ccccc1)c1cccc(CC(NC(=O)O)c2ccc(-c3ccccc3S(N)(=O)=O)cc2)c1. The molecule has 4 rings (SSSR count). The number of benzene rings is 4. The van der Waals surface area contributed by atoms with Gasteiger partial charge in [0.2, 0.25) is 10.0 Å². The van der Waals surface area contributed by atoms with Gasteiger partial charge in [-0.05, 0) is 47.4 Å². The summed E-state index contributed by atoms with van der Waals surface area (Å²) in [6, 6.07) is 27.8. The number of sulfonamides is 1. The van der Waals surface area contributed by atoms with Gasteiger partial charge in [-0.15, -0.1) is 0 Å². The summed E-state index contributed by atoms with van der Waals surface area (Å²) in [5, 5.41) is 28.0. The first-order chi connectivity index (χ1) is 19.1. The number of nitrogens with two attached hydrogens (primary N) is 1. The van der Waals surface area contributed by atoms with Crippen molar-refractivity contribution in [1.82, 2.24) is 10.6 Å². The van der Waals surface area contributed by atoms with E-state index in [0.717, 1.165) is 0 Å². The van der Waals surface area contributed by atoms with E-state index in [0.29, 0.717) is 33.6 Å². The van der Waals surface area contributed by atoms with Gasteiger partial charge in [-0.2, -0.15) is 0 Å². The number of para-hydroxylation sites is 1. The van der Waals surface area contributed by atoms with Crippen molar-refractivity contribution in [3.63, 3.8) is 0 Å². The van der Waals surface area contributed by atoms with Gasteiger partial charge in [0.25, 0.3) is 0 Å². The van der Waals surface area contributed by atoms with Crippen LogP contribution in [0.3, 0.4) is 0 Å². The van der Waals surface area contributed by atoms with Crippen LogP contribution in [0.25, 0.3) is 11.1 Å². The van der Waals surface area contributed by atoms with Gasteiger partial charge in [0.15, 0.2) is 0 Å². The maximum Gasteiger partial charge on any atom is 0.418 e. The highest BCUT2D eigenvalue weighted by atomic mass is 32.2. The Labute approximate surface area is 231 Å². The number of hydrogen-bond acceptors (Lipinski definition) is 6. The summed E-state index contributed by atoms with van der Waals surface area (Å²) >= 11 is 0. The van der Waals surface area contributed by atoms with Crippen molar-refractivity contribution in [3.8, 4) is 16.9 Å². The van der Waals surface area contributed by atoms with Crippen molar-refractivity contribution in [3.05, 3.63) is 120 Å². The van der Waals surface area contributed by atoms with E-state index in [1.54, 1.807) is 97.1 Å². The van der Waals surface area contributed by atoms with Crippen LogP contribution in [0, 0.1) is 5.41 Å². The monoisotopic (exact) mass is 558 g/mol. The number of carbonyl (C=O) groups excluding carboxylic acids is 1. The molecule has 2 amide bonds. The Bertz CT molecular complexity index is 1640. The Hall–Kier alpha value is -5.00. The van der Waals surface area contributed by atoms with E-state index in [9.17, 15) is 23.1 Å². The first-order valence-electron chi connectivity index (χ1n) is 12.0. The van der Waals surface area contributed by atoms with Crippen LogP contribution in [-0.4, -0.2) is 31.5 Å². The fraction of sp³-hybridized carbons (Fsp3) is 0.0690. The Morgan fingerprint density at radius 1 is 0.900 bits per heavy atom. The second kappa shape index (κ2) is 12.2. The van der Waals surface area contributed by atoms with Gasteiger partial charge in [-0.3, -0.25) is 10.7 Å². The lowest BCUT2D eigenvalue weighted by Crippen LogP contribution is -2.33. The molecular formula is C29H26N4O6S. The highest BCUT2D eigenvalue weighted by molar-refractivity contribution is 7.89. The third kappa shape index (κ3) is 7.31. The standard InChI is InChI=1S/C29H26N4O6S/c30-27(33-29(36)39-23-9-2-1-3-10-23)22-8-6-7-19(17-22)18-25(32-28(34)35)21-15-13-20(14-16-21)24-11-4-5-12-26(24)40(31,37)38/h1-17,25,32H,18H2,(H,34,35)(H2,30,33,36)(H2,31,37,38). The molecule has 0 saturated carbocycles. The molecule has 0 fully saturated rings. The molecule has 40 heavy (non-hydrogen) atoms. The van der Waals surface area contributed by atoms with Crippen molar-refractivity contribution in [2.45, 2.75) is 17.4 Å². The van der Waals surface area contributed by atoms with Gasteiger partial charge in [-0.25, -0.2) is 23.1 Å². The van der Waals surface area contributed by atoms with Crippen molar-refractivity contribution in [1.29, 1.82) is 5.41 Å². The average Bonchev–Trinajstić information content (AvgIpc) is 2.93. The van der Waals surface area contributed by atoms with E-state index in [1.165, 1.54) is 6.07 Å². The molecule has 0 aliphatic heterocycles. The summed E-state index contributed by atoms with van der Waals surface area (Å²) in [5.74, 6) is 0.159. The van der Waals surface area contributed by atoms with E-state index in [1.807, 2.05) is 0 Å². The minimum absolute atomic E-state index is 0.0107. The normalized spacial score (nSPS) is 11.7. The van der Waals surface area contributed by atoms with Crippen LogP contribution in [0.1, 0.15) is 22.7 Å². The summed E-state index contributed by atoms with van der Waals surface area (Å²) in [6.07, 6.45) is -1.78. The number of amidine groups is 1. The maximum absolute atomic E-state index is 12.2. The van der Waals surface area contributed by atoms with E-state index >= 15 is 0 Å². The third-order valence-electron chi connectivity index (χ3n) is 5.95. The van der Waals surface area contributed by atoms with Crippen LogP contribution in [0.2, 0.25) is 0 Å². The number of nitrogens with one attached hydrogen (secondary N) is 3. The molecule has 204 valence electrons. The minimum atomic E-state index is -3.94.